The zero-order chi connectivity index (χ0) is 11.0. The number of aromatic carboxylic acids is 1. The minimum atomic E-state index is -1.14. The highest BCUT2D eigenvalue weighted by Crippen LogP contribution is 2.23. The minimum Gasteiger partial charge on any atom is -0.477 e. The number of carboxylic acids is 1. The monoisotopic (exact) mass is 269 g/mol. The molecule has 0 atom stereocenters. The Morgan fingerprint density at radius 1 is 1.40 bits per heavy atom. The number of pyridine rings is 1. The van der Waals surface area contributed by atoms with Crippen molar-refractivity contribution in [3.8, 4) is 0 Å². The van der Waals surface area contributed by atoms with Gasteiger partial charge in [0.15, 0.2) is 0 Å². The SMILES string of the molecule is O=C(O)c1cc2cc(F)ccc2c(Br)n1. The first-order valence-electron chi connectivity index (χ1n) is 4.07. The van der Waals surface area contributed by atoms with Crippen LogP contribution < -0.4 is 0 Å². The summed E-state index contributed by atoms with van der Waals surface area (Å²) in [5.74, 6) is -1.54. The Morgan fingerprint density at radius 2 is 2.13 bits per heavy atom. The number of carboxylic acid groups (broad SMARTS) is 1. The molecule has 1 aromatic heterocycles. The topological polar surface area (TPSA) is 50.2 Å². The van der Waals surface area contributed by atoms with Crippen LogP contribution >= 0.6 is 15.9 Å². The van der Waals surface area contributed by atoms with E-state index < -0.39 is 11.8 Å². The lowest BCUT2D eigenvalue weighted by atomic mass is 10.1. The molecule has 0 bridgehead atoms. The molecule has 0 aliphatic rings. The highest BCUT2D eigenvalue weighted by molar-refractivity contribution is 9.10. The molecule has 0 spiro atoms. The summed E-state index contributed by atoms with van der Waals surface area (Å²) in [7, 11) is 0. The molecule has 76 valence electrons. The highest BCUT2D eigenvalue weighted by Gasteiger charge is 2.09. The van der Waals surface area contributed by atoms with Gasteiger partial charge in [-0.05, 0) is 45.6 Å². The van der Waals surface area contributed by atoms with E-state index in [9.17, 15) is 9.18 Å². The molecular weight excluding hydrogens is 265 g/mol. The fraction of sp³-hybridized carbons (Fsp3) is 0. The van der Waals surface area contributed by atoms with Crippen LogP contribution in [0.5, 0.6) is 0 Å². The number of aromatic nitrogens is 1. The van der Waals surface area contributed by atoms with Gasteiger partial charge >= 0.3 is 5.97 Å². The molecule has 0 saturated carbocycles. The maximum atomic E-state index is 12.9. The zero-order valence-electron chi connectivity index (χ0n) is 7.37. The number of benzene rings is 1. The average molecular weight is 270 g/mol. The van der Waals surface area contributed by atoms with E-state index in [1.807, 2.05) is 0 Å². The normalized spacial score (nSPS) is 10.5. The first-order valence-corrected chi connectivity index (χ1v) is 4.86. The molecule has 1 N–H and O–H groups in total. The highest BCUT2D eigenvalue weighted by atomic mass is 79.9. The van der Waals surface area contributed by atoms with Gasteiger partial charge in [0.2, 0.25) is 0 Å². The second-order valence-electron chi connectivity index (χ2n) is 2.97. The van der Waals surface area contributed by atoms with Crippen molar-refractivity contribution in [1.82, 2.24) is 4.98 Å². The molecule has 0 aliphatic carbocycles. The number of hydrogen-bond donors (Lipinski definition) is 1. The Bertz CT molecular complexity index is 556. The quantitative estimate of drug-likeness (QED) is 0.810. The van der Waals surface area contributed by atoms with Crippen molar-refractivity contribution in [3.63, 3.8) is 0 Å². The Kier molecular flexibility index (Phi) is 2.40. The molecule has 2 aromatic rings. The molecule has 1 heterocycles. The summed E-state index contributed by atoms with van der Waals surface area (Å²) in [5.41, 5.74) is -0.111. The summed E-state index contributed by atoms with van der Waals surface area (Å²) in [5, 5.41) is 9.95. The Labute approximate surface area is 92.7 Å². The van der Waals surface area contributed by atoms with Gasteiger partial charge in [0.25, 0.3) is 0 Å². The van der Waals surface area contributed by atoms with Gasteiger partial charge < -0.3 is 5.11 Å². The van der Waals surface area contributed by atoms with Crippen molar-refractivity contribution >= 4 is 32.7 Å². The molecule has 0 amide bonds. The number of carbonyl (C=O) groups is 1. The van der Waals surface area contributed by atoms with Gasteiger partial charge in [-0.25, -0.2) is 14.2 Å². The summed E-state index contributed by atoms with van der Waals surface area (Å²) in [6, 6.07) is 5.46. The summed E-state index contributed by atoms with van der Waals surface area (Å²) < 4.78 is 13.3. The van der Waals surface area contributed by atoms with E-state index in [0.717, 1.165) is 0 Å². The van der Waals surface area contributed by atoms with Crippen molar-refractivity contribution in [1.29, 1.82) is 0 Å². The second kappa shape index (κ2) is 3.58. The van der Waals surface area contributed by atoms with Gasteiger partial charge in [-0.2, -0.15) is 0 Å². The van der Waals surface area contributed by atoms with Crippen LogP contribution in [0.2, 0.25) is 0 Å². The largest absolute Gasteiger partial charge is 0.477 e. The minimum absolute atomic E-state index is 0.111. The first kappa shape index (κ1) is 10.0. The predicted octanol–water partition coefficient (Wildman–Crippen LogP) is 2.83. The van der Waals surface area contributed by atoms with Gasteiger partial charge in [-0.3, -0.25) is 0 Å². The third kappa shape index (κ3) is 1.83. The Balaban J connectivity index is 2.79. The van der Waals surface area contributed by atoms with Gasteiger partial charge in [-0.15, -0.1) is 0 Å². The van der Waals surface area contributed by atoms with Gasteiger partial charge in [-0.1, -0.05) is 0 Å². The summed E-state index contributed by atoms with van der Waals surface area (Å²) in [4.78, 5) is 14.5. The second-order valence-corrected chi connectivity index (χ2v) is 3.72. The number of halogens is 2. The van der Waals surface area contributed by atoms with Gasteiger partial charge in [0, 0.05) is 5.39 Å². The lowest BCUT2D eigenvalue weighted by molar-refractivity contribution is 0.0690. The zero-order valence-corrected chi connectivity index (χ0v) is 8.95. The molecule has 5 heteroatoms. The maximum absolute atomic E-state index is 12.9. The summed E-state index contributed by atoms with van der Waals surface area (Å²) >= 11 is 3.14. The smallest absolute Gasteiger partial charge is 0.354 e. The van der Waals surface area contributed by atoms with Crippen LogP contribution in [0.4, 0.5) is 4.39 Å². The van der Waals surface area contributed by atoms with Gasteiger partial charge in [0.05, 0.1) is 0 Å². The van der Waals surface area contributed by atoms with E-state index in [1.54, 1.807) is 6.07 Å². The van der Waals surface area contributed by atoms with Crippen LogP contribution in [0.15, 0.2) is 28.9 Å². The van der Waals surface area contributed by atoms with E-state index in [-0.39, 0.29) is 5.69 Å². The molecule has 3 nitrogen and oxygen atoms in total. The van der Waals surface area contributed by atoms with Gasteiger partial charge in [0.1, 0.15) is 16.1 Å². The fourth-order valence-electron chi connectivity index (χ4n) is 1.30. The third-order valence-corrected chi connectivity index (χ3v) is 2.57. The maximum Gasteiger partial charge on any atom is 0.354 e. The summed E-state index contributed by atoms with van der Waals surface area (Å²) in [6.45, 7) is 0. The lowest BCUT2D eigenvalue weighted by Gasteiger charge is -2.02. The van der Waals surface area contributed by atoms with Crippen molar-refractivity contribution < 1.29 is 14.3 Å². The van der Waals surface area contributed by atoms with Crippen LogP contribution in [0.25, 0.3) is 10.8 Å². The average Bonchev–Trinajstić information content (AvgIpc) is 2.16. The molecular formula is C10H5BrFNO2. The molecule has 2 rings (SSSR count). The summed E-state index contributed by atoms with van der Waals surface area (Å²) in [6.07, 6.45) is 0. The van der Waals surface area contributed by atoms with Crippen LogP contribution in [0, 0.1) is 5.82 Å². The third-order valence-electron chi connectivity index (χ3n) is 1.97. The lowest BCUT2D eigenvalue weighted by Crippen LogP contribution is -2.00. The number of fused-ring (bicyclic) bond motifs is 1. The van der Waals surface area contributed by atoms with Crippen LogP contribution in [-0.2, 0) is 0 Å². The van der Waals surface area contributed by atoms with Crippen LogP contribution in [-0.4, -0.2) is 16.1 Å². The van der Waals surface area contributed by atoms with E-state index in [1.165, 1.54) is 18.2 Å². The first-order chi connectivity index (χ1) is 7.08. The number of nitrogens with zero attached hydrogens (tertiary/aromatic N) is 1. The van der Waals surface area contributed by atoms with Crippen molar-refractivity contribution in [2.45, 2.75) is 0 Å². The van der Waals surface area contributed by atoms with Crippen LogP contribution in [0.1, 0.15) is 10.5 Å². The molecule has 1 aromatic carbocycles. The molecule has 15 heavy (non-hydrogen) atoms. The molecule has 0 aliphatic heterocycles. The van der Waals surface area contributed by atoms with Crippen molar-refractivity contribution in [2.24, 2.45) is 0 Å². The van der Waals surface area contributed by atoms with Crippen molar-refractivity contribution in [3.05, 3.63) is 40.4 Å². The predicted molar refractivity (Wildman–Crippen MR) is 56.4 cm³/mol. The van der Waals surface area contributed by atoms with E-state index >= 15 is 0 Å². The molecule has 0 fully saturated rings. The van der Waals surface area contributed by atoms with E-state index in [4.69, 9.17) is 5.11 Å². The Hall–Kier alpha value is -1.49. The van der Waals surface area contributed by atoms with E-state index in [2.05, 4.69) is 20.9 Å². The van der Waals surface area contributed by atoms with Crippen LogP contribution in [0.3, 0.4) is 0 Å². The Morgan fingerprint density at radius 3 is 2.80 bits per heavy atom. The number of rotatable bonds is 1. The molecule has 0 saturated heterocycles. The van der Waals surface area contributed by atoms with E-state index in [0.29, 0.717) is 15.4 Å². The standard InChI is InChI=1S/C10H5BrFNO2/c11-9-7-2-1-6(12)3-5(7)4-8(13-9)10(14)15/h1-4H,(H,14,15). The number of hydrogen-bond acceptors (Lipinski definition) is 2. The van der Waals surface area contributed by atoms with Crippen molar-refractivity contribution in [2.75, 3.05) is 0 Å². The fourth-order valence-corrected chi connectivity index (χ4v) is 1.85. The molecule has 0 radical (unpaired) electrons. The molecule has 0 unspecified atom stereocenters.